The fourth-order valence-electron chi connectivity index (χ4n) is 2.18. The standard InChI is InChI=1S/C25H38O5/c1-2-3-4-5-6-7-8-9-10-11-12-13-15-18-23(27)19-16-14-17-20-25(29)30-22-24(28)21-26/h3-4,6-7,9-10,12-16,18,23-24,26-28H,2,5,8,11,17,19-22H2,1H3/b4-3-,7-6-,10-9-,13-12-,16-14-,18-15-/t23?,24-/m0/s1. The molecule has 0 spiro atoms. The second-order valence-electron chi connectivity index (χ2n) is 6.68. The predicted molar refractivity (Wildman–Crippen MR) is 123 cm³/mol. The highest BCUT2D eigenvalue weighted by Gasteiger charge is 2.06. The summed E-state index contributed by atoms with van der Waals surface area (Å²) in [4.78, 5) is 11.4. The van der Waals surface area contributed by atoms with Gasteiger partial charge in [0.15, 0.2) is 0 Å². The summed E-state index contributed by atoms with van der Waals surface area (Å²) in [6, 6.07) is 0. The van der Waals surface area contributed by atoms with Crippen LogP contribution >= 0.6 is 0 Å². The van der Waals surface area contributed by atoms with Crippen molar-refractivity contribution in [2.75, 3.05) is 13.2 Å². The summed E-state index contributed by atoms with van der Waals surface area (Å²) in [6.45, 7) is 1.50. The molecule has 1 unspecified atom stereocenters. The lowest BCUT2D eigenvalue weighted by Crippen LogP contribution is -2.21. The smallest absolute Gasteiger partial charge is 0.306 e. The normalized spacial score (nSPS) is 14.9. The Morgan fingerprint density at radius 3 is 2.13 bits per heavy atom. The molecule has 0 amide bonds. The molecule has 0 bridgehead atoms. The molecular weight excluding hydrogens is 380 g/mol. The Morgan fingerprint density at radius 2 is 1.50 bits per heavy atom. The molecule has 3 N–H and O–H groups in total. The van der Waals surface area contributed by atoms with E-state index in [1.54, 1.807) is 6.08 Å². The van der Waals surface area contributed by atoms with Crippen molar-refractivity contribution in [2.45, 2.75) is 64.1 Å². The number of aliphatic hydroxyl groups excluding tert-OH is 3. The lowest BCUT2D eigenvalue weighted by molar-refractivity contribution is -0.147. The zero-order valence-electron chi connectivity index (χ0n) is 18.1. The van der Waals surface area contributed by atoms with Gasteiger partial charge in [-0.3, -0.25) is 4.79 Å². The number of ether oxygens (including phenoxy) is 1. The molecule has 0 aromatic heterocycles. The number of carbonyl (C=O) groups is 1. The van der Waals surface area contributed by atoms with E-state index in [4.69, 9.17) is 14.9 Å². The molecule has 0 saturated carbocycles. The summed E-state index contributed by atoms with van der Waals surface area (Å²) < 4.78 is 4.79. The minimum absolute atomic E-state index is 0.195. The Labute approximate surface area is 181 Å². The van der Waals surface area contributed by atoms with Crippen molar-refractivity contribution in [3.8, 4) is 0 Å². The molecule has 0 aliphatic carbocycles. The number of aliphatic hydroxyl groups is 3. The van der Waals surface area contributed by atoms with Gasteiger partial charge in [-0.15, -0.1) is 0 Å². The second kappa shape index (κ2) is 21.5. The molecule has 0 radical (unpaired) electrons. The molecule has 30 heavy (non-hydrogen) atoms. The van der Waals surface area contributed by atoms with Gasteiger partial charge >= 0.3 is 5.97 Å². The molecule has 0 aromatic carbocycles. The molecule has 0 heterocycles. The van der Waals surface area contributed by atoms with E-state index in [1.165, 1.54) is 0 Å². The molecule has 0 rings (SSSR count). The maximum absolute atomic E-state index is 11.4. The van der Waals surface area contributed by atoms with E-state index in [1.807, 2.05) is 30.4 Å². The Balaban J connectivity index is 3.77. The minimum atomic E-state index is -1.03. The number of esters is 1. The average molecular weight is 419 g/mol. The lowest BCUT2D eigenvalue weighted by atomic mass is 10.2. The molecule has 168 valence electrons. The van der Waals surface area contributed by atoms with Gasteiger partial charge in [-0.1, -0.05) is 79.8 Å². The number of carbonyl (C=O) groups excluding carboxylic acids is 1. The second-order valence-corrected chi connectivity index (χ2v) is 6.68. The van der Waals surface area contributed by atoms with Crippen LogP contribution in [0.2, 0.25) is 0 Å². The van der Waals surface area contributed by atoms with Gasteiger partial charge in [-0.2, -0.15) is 0 Å². The van der Waals surface area contributed by atoms with E-state index >= 15 is 0 Å². The first-order valence-corrected chi connectivity index (χ1v) is 10.7. The van der Waals surface area contributed by atoms with Crippen molar-refractivity contribution >= 4 is 5.97 Å². The maximum atomic E-state index is 11.4. The van der Waals surface area contributed by atoms with E-state index in [-0.39, 0.29) is 13.0 Å². The summed E-state index contributed by atoms with van der Waals surface area (Å²) in [5.41, 5.74) is 0. The summed E-state index contributed by atoms with van der Waals surface area (Å²) in [6.07, 6.45) is 27.5. The number of hydrogen-bond acceptors (Lipinski definition) is 5. The third-order valence-corrected chi connectivity index (χ3v) is 3.84. The van der Waals surface area contributed by atoms with Crippen LogP contribution in [0.3, 0.4) is 0 Å². The Bertz CT molecular complexity index is 584. The largest absolute Gasteiger partial charge is 0.463 e. The fourth-order valence-corrected chi connectivity index (χ4v) is 2.18. The third kappa shape index (κ3) is 20.5. The van der Waals surface area contributed by atoms with E-state index in [9.17, 15) is 9.90 Å². The Morgan fingerprint density at radius 1 is 0.867 bits per heavy atom. The van der Waals surface area contributed by atoms with Crippen molar-refractivity contribution in [1.29, 1.82) is 0 Å². The summed E-state index contributed by atoms with van der Waals surface area (Å²) in [5.74, 6) is -0.424. The van der Waals surface area contributed by atoms with Crippen molar-refractivity contribution in [3.05, 3.63) is 72.9 Å². The zero-order valence-corrected chi connectivity index (χ0v) is 18.1. The first-order chi connectivity index (χ1) is 14.6. The predicted octanol–water partition coefficient (Wildman–Crippen LogP) is 4.33. The van der Waals surface area contributed by atoms with E-state index in [0.29, 0.717) is 12.8 Å². The molecule has 0 aliphatic heterocycles. The monoisotopic (exact) mass is 418 g/mol. The van der Waals surface area contributed by atoms with Crippen LogP contribution in [0.25, 0.3) is 0 Å². The van der Waals surface area contributed by atoms with Gasteiger partial charge in [-0.25, -0.2) is 0 Å². The molecule has 5 nitrogen and oxygen atoms in total. The van der Waals surface area contributed by atoms with Crippen LogP contribution in [-0.4, -0.2) is 46.7 Å². The fraction of sp³-hybridized carbons (Fsp3) is 0.480. The van der Waals surface area contributed by atoms with Gasteiger partial charge in [0.05, 0.1) is 12.7 Å². The highest BCUT2D eigenvalue weighted by molar-refractivity contribution is 5.69. The van der Waals surface area contributed by atoms with Crippen LogP contribution in [-0.2, 0) is 9.53 Å². The zero-order chi connectivity index (χ0) is 22.3. The average Bonchev–Trinajstić information content (AvgIpc) is 2.74. The van der Waals surface area contributed by atoms with Gasteiger partial charge in [-0.05, 0) is 38.5 Å². The van der Waals surface area contributed by atoms with Crippen LogP contribution in [0.15, 0.2) is 72.9 Å². The molecule has 0 aliphatic rings. The van der Waals surface area contributed by atoms with Crippen LogP contribution in [0.1, 0.15) is 51.9 Å². The highest BCUT2D eigenvalue weighted by Crippen LogP contribution is 2.01. The van der Waals surface area contributed by atoms with E-state index in [0.717, 1.165) is 25.7 Å². The van der Waals surface area contributed by atoms with Crippen molar-refractivity contribution in [1.82, 2.24) is 0 Å². The Kier molecular flexibility index (Phi) is 19.9. The van der Waals surface area contributed by atoms with Gasteiger partial charge in [0.25, 0.3) is 0 Å². The van der Waals surface area contributed by atoms with Crippen LogP contribution in [0.4, 0.5) is 0 Å². The Hall–Kier alpha value is -2.21. The summed E-state index contributed by atoms with van der Waals surface area (Å²) in [7, 11) is 0. The minimum Gasteiger partial charge on any atom is -0.463 e. The van der Waals surface area contributed by atoms with E-state index in [2.05, 4.69) is 43.4 Å². The quantitative estimate of drug-likeness (QED) is 0.186. The molecule has 0 fully saturated rings. The van der Waals surface area contributed by atoms with Crippen LogP contribution < -0.4 is 0 Å². The van der Waals surface area contributed by atoms with Crippen LogP contribution in [0, 0.1) is 0 Å². The van der Waals surface area contributed by atoms with Gasteiger partial charge in [0, 0.05) is 6.42 Å². The molecule has 2 atom stereocenters. The topological polar surface area (TPSA) is 87.0 Å². The summed E-state index contributed by atoms with van der Waals surface area (Å²) in [5, 5.41) is 27.6. The van der Waals surface area contributed by atoms with Crippen molar-refractivity contribution < 1.29 is 24.9 Å². The molecule has 0 saturated heterocycles. The maximum Gasteiger partial charge on any atom is 0.306 e. The molecule has 5 heteroatoms. The first-order valence-electron chi connectivity index (χ1n) is 10.7. The third-order valence-electron chi connectivity index (χ3n) is 3.84. The van der Waals surface area contributed by atoms with Gasteiger partial charge in [0.1, 0.15) is 12.7 Å². The van der Waals surface area contributed by atoms with Crippen LogP contribution in [0.5, 0.6) is 0 Å². The number of rotatable bonds is 17. The van der Waals surface area contributed by atoms with Crippen molar-refractivity contribution in [3.63, 3.8) is 0 Å². The molecule has 0 aromatic rings. The SMILES string of the molecule is CC/C=C\C/C=C\C/C=C\C/C=C\C=C/C(O)C/C=C\CCC(=O)OC[C@@H](O)CO. The van der Waals surface area contributed by atoms with E-state index < -0.39 is 24.8 Å². The van der Waals surface area contributed by atoms with Crippen molar-refractivity contribution in [2.24, 2.45) is 0 Å². The number of hydrogen-bond donors (Lipinski definition) is 3. The van der Waals surface area contributed by atoms with Gasteiger partial charge < -0.3 is 20.1 Å². The number of allylic oxidation sites excluding steroid dienone is 10. The lowest BCUT2D eigenvalue weighted by Gasteiger charge is -2.07. The summed E-state index contributed by atoms with van der Waals surface area (Å²) >= 11 is 0. The van der Waals surface area contributed by atoms with Gasteiger partial charge in [0.2, 0.25) is 0 Å². The molecular formula is C25H38O5. The highest BCUT2D eigenvalue weighted by atomic mass is 16.5. The first kappa shape index (κ1) is 27.8.